The third kappa shape index (κ3) is 2.03. The van der Waals surface area contributed by atoms with Crippen molar-refractivity contribution in [2.45, 2.75) is 25.0 Å². The molecule has 0 radical (unpaired) electrons. The summed E-state index contributed by atoms with van der Waals surface area (Å²) >= 11 is 0. The molecule has 0 unspecified atom stereocenters. The first kappa shape index (κ1) is 15.8. The molecule has 4 aromatic carbocycles. The molecule has 2 aliphatic heterocycles. The normalized spacial score (nSPS) is 22.3. The van der Waals surface area contributed by atoms with Gasteiger partial charge in [0.25, 0.3) is 0 Å². The monoisotopic (exact) mass is 362 g/mol. The predicted molar refractivity (Wildman–Crippen MR) is 117 cm³/mol. The van der Waals surface area contributed by atoms with Crippen LogP contribution in [0.15, 0.2) is 91.0 Å². The van der Waals surface area contributed by atoms with Gasteiger partial charge >= 0.3 is 0 Å². The molecule has 4 aromatic rings. The Morgan fingerprint density at radius 1 is 0.821 bits per heavy atom. The molecule has 0 spiro atoms. The third-order valence-corrected chi connectivity index (χ3v) is 6.51. The summed E-state index contributed by atoms with van der Waals surface area (Å²) in [7, 11) is 0. The summed E-state index contributed by atoms with van der Waals surface area (Å²) in [6.45, 7) is 3.27. The van der Waals surface area contributed by atoms with Crippen LogP contribution in [-0.2, 0) is 6.54 Å². The Kier molecular flexibility index (Phi) is 3.16. The van der Waals surface area contributed by atoms with E-state index in [9.17, 15) is 0 Å². The summed E-state index contributed by atoms with van der Waals surface area (Å²) in [5, 5.41) is 6.57. The molecule has 2 heterocycles. The van der Waals surface area contributed by atoms with E-state index in [0.717, 1.165) is 6.54 Å². The lowest BCUT2D eigenvalue weighted by atomic mass is 9.74. The number of fused-ring (bicyclic) bond motifs is 3. The van der Waals surface area contributed by atoms with E-state index >= 15 is 0 Å². The van der Waals surface area contributed by atoms with E-state index in [1.807, 2.05) is 0 Å². The second kappa shape index (κ2) is 5.62. The zero-order valence-corrected chi connectivity index (χ0v) is 15.9. The minimum absolute atomic E-state index is 0.238. The van der Waals surface area contributed by atoms with Crippen LogP contribution in [0.4, 0.5) is 11.4 Å². The maximum Gasteiger partial charge on any atom is 0.119 e. The summed E-state index contributed by atoms with van der Waals surface area (Å²) < 4.78 is 0. The molecule has 0 aromatic heterocycles. The van der Waals surface area contributed by atoms with Crippen molar-refractivity contribution in [1.82, 2.24) is 0 Å². The average molecular weight is 362 g/mol. The number of nitrogens with zero attached hydrogens (tertiary/aromatic N) is 1. The van der Waals surface area contributed by atoms with Gasteiger partial charge in [-0.1, -0.05) is 78.9 Å². The van der Waals surface area contributed by atoms with Crippen molar-refractivity contribution in [3.05, 3.63) is 108 Å². The molecule has 0 amide bonds. The summed E-state index contributed by atoms with van der Waals surface area (Å²) in [4.78, 5) is 2.57. The maximum atomic E-state index is 3.95. The maximum absolute atomic E-state index is 3.95. The minimum Gasteiger partial charge on any atom is -0.362 e. The van der Waals surface area contributed by atoms with Gasteiger partial charge in [-0.25, -0.2) is 0 Å². The Morgan fingerprint density at radius 3 is 2.43 bits per heavy atom. The standard InChI is InChI=1S/C26H22N2/c1-26-25(19-9-3-2-4-10-19)21-14-6-5-11-20(21)17-28(26)23-16-8-13-18-12-7-15-22(27-26)24(18)23/h2-16,25,27H,17H2,1H3/t25-,26-/m0/s1. The molecule has 2 nitrogen and oxygen atoms in total. The largest absolute Gasteiger partial charge is 0.362 e. The summed E-state index contributed by atoms with van der Waals surface area (Å²) in [5.41, 5.74) is 6.50. The van der Waals surface area contributed by atoms with Crippen LogP contribution in [0, 0.1) is 0 Å². The fourth-order valence-electron chi connectivity index (χ4n) is 5.30. The van der Waals surface area contributed by atoms with Crippen molar-refractivity contribution >= 4 is 22.1 Å². The number of hydrogen-bond donors (Lipinski definition) is 1. The van der Waals surface area contributed by atoms with Crippen molar-refractivity contribution in [2.24, 2.45) is 0 Å². The fraction of sp³-hybridized carbons (Fsp3) is 0.154. The quantitative estimate of drug-likeness (QED) is 0.438. The second-order valence-corrected chi connectivity index (χ2v) is 8.08. The second-order valence-electron chi connectivity index (χ2n) is 8.08. The van der Waals surface area contributed by atoms with Gasteiger partial charge in [-0.3, -0.25) is 0 Å². The van der Waals surface area contributed by atoms with Crippen LogP contribution in [0.1, 0.15) is 29.5 Å². The van der Waals surface area contributed by atoms with Gasteiger partial charge in [0.05, 0.1) is 5.92 Å². The Hall–Kier alpha value is -3.26. The van der Waals surface area contributed by atoms with Gasteiger partial charge in [0, 0.05) is 23.3 Å². The van der Waals surface area contributed by atoms with Gasteiger partial charge in [0.2, 0.25) is 0 Å². The van der Waals surface area contributed by atoms with Crippen molar-refractivity contribution in [3.8, 4) is 0 Å². The van der Waals surface area contributed by atoms with Crippen molar-refractivity contribution in [2.75, 3.05) is 10.2 Å². The first-order valence-electron chi connectivity index (χ1n) is 9.96. The Morgan fingerprint density at radius 2 is 1.57 bits per heavy atom. The fourth-order valence-corrected chi connectivity index (χ4v) is 5.30. The number of hydrogen-bond acceptors (Lipinski definition) is 2. The summed E-state index contributed by atoms with van der Waals surface area (Å²) in [5.74, 6) is 0.238. The van der Waals surface area contributed by atoms with Crippen molar-refractivity contribution < 1.29 is 0 Å². The van der Waals surface area contributed by atoms with Gasteiger partial charge in [-0.2, -0.15) is 0 Å². The molecule has 0 bridgehead atoms. The summed E-state index contributed by atoms with van der Waals surface area (Å²) in [6, 6.07) is 33.1. The van der Waals surface area contributed by atoms with E-state index < -0.39 is 0 Å². The van der Waals surface area contributed by atoms with Gasteiger partial charge in [0.15, 0.2) is 0 Å². The van der Waals surface area contributed by atoms with Crippen LogP contribution in [-0.4, -0.2) is 5.66 Å². The molecule has 0 saturated carbocycles. The lowest BCUT2D eigenvalue weighted by Gasteiger charge is -2.55. The first-order valence-corrected chi connectivity index (χ1v) is 9.96. The highest BCUT2D eigenvalue weighted by Gasteiger charge is 2.48. The highest BCUT2D eigenvalue weighted by Crippen LogP contribution is 2.52. The van der Waals surface area contributed by atoms with E-state index in [1.165, 1.54) is 38.8 Å². The van der Waals surface area contributed by atoms with Gasteiger partial charge < -0.3 is 10.2 Å². The Labute approximate surface area is 165 Å². The molecular weight excluding hydrogens is 340 g/mol. The Balaban J connectivity index is 1.66. The topological polar surface area (TPSA) is 15.3 Å². The van der Waals surface area contributed by atoms with E-state index in [1.54, 1.807) is 0 Å². The Bertz CT molecular complexity index is 1190. The molecule has 2 atom stereocenters. The van der Waals surface area contributed by atoms with Crippen LogP contribution < -0.4 is 10.2 Å². The highest BCUT2D eigenvalue weighted by atomic mass is 15.4. The lowest BCUT2D eigenvalue weighted by molar-refractivity contribution is 0.395. The number of anilines is 2. The zero-order valence-electron chi connectivity index (χ0n) is 15.9. The summed E-state index contributed by atoms with van der Waals surface area (Å²) in [6.07, 6.45) is 0. The predicted octanol–water partition coefficient (Wildman–Crippen LogP) is 6.13. The molecule has 0 aliphatic carbocycles. The van der Waals surface area contributed by atoms with E-state index in [-0.39, 0.29) is 11.6 Å². The molecule has 6 rings (SSSR count). The minimum atomic E-state index is -0.238. The van der Waals surface area contributed by atoms with Crippen LogP contribution in [0.2, 0.25) is 0 Å². The molecule has 0 fully saturated rings. The molecule has 2 heteroatoms. The third-order valence-electron chi connectivity index (χ3n) is 6.51. The number of benzene rings is 4. The van der Waals surface area contributed by atoms with Crippen molar-refractivity contribution in [1.29, 1.82) is 0 Å². The molecule has 0 saturated heterocycles. The van der Waals surface area contributed by atoms with Crippen LogP contribution in [0.3, 0.4) is 0 Å². The smallest absolute Gasteiger partial charge is 0.119 e. The highest BCUT2D eigenvalue weighted by molar-refractivity contribution is 6.06. The van der Waals surface area contributed by atoms with E-state index in [0.29, 0.717) is 0 Å². The van der Waals surface area contributed by atoms with Crippen LogP contribution in [0.25, 0.3) is 10.8 Å². The van der Waals surface area contributed by atoms with E-state index in [4.69, 9.17) is 0 Å². The van der Waals surface area contributed by atoms with Gasteiger partial charge in [-0.05, 0) is 41.1 Å². The average Bonchev–Trinajstić information content (AvgIpc) is 2.73. The lowest BCUT2D eigenvalue weighted by Crippen LogP contribution is -2.60. The van der Waals surface area contributed by atoms with Crippen LogP contribution in [0.5, 0.6) is 0 Å². The molecule has 28 heavy (non-hydrogen) atoms. The molecule has 1 N–H and O–H groups in total. The number of rotatable bonds is 1. The van der Waals surface area contributed by atoms with E-state index in [2.05, 4.69) is 108 Å². The molecule has 136 valence electrons. The SMILES string of the molecule is C[C@]12Nc3cccc4cccc(c34)N1Cc1ccccc1[C@@H]2c1ccccc1. The first-order chi connectivity index (χ1) is 13.8. The molecule has 2 aliphatic rings. The number of nitrogens with one attached hydrogen (secondary N) is 1. The molecular formula is C26H22N2. The van der Waals surface area contributed by atoms with Gasteiger partial charge in [-0.15, -0.1) is 0 Å². The van der Waals surface area contributed by atoms with Crippen LogP contribution >= 0.6 is 0 Å². The van der Waals surface area contributed by atoms with Gasteiger partial charge in [0.1, 0.15) is 5.66 Å². The van der Waals surface area contributed by atoms with Crippen molar-refractivity contribution in [3.63, 3.8) is 0 Å². The zero-order chi connectivity index (χ0) is 18.7.